The van der Waals surface area contributed by atoms with Crippen LogP contribution in [0, 0.1) is 13.8 Å². The number of aryl methyl sites for hydroxylation is 2. The van der Waals surface area contributed by atoms with Crippen LogP contribution in [0.1, 0.15) is 10.6 Å². The smallest absolute Gasteiger partial charge is 0.264 e. The van der Waals surface area contributed by atoms with E-state index in [1.807, 2.05) is 13.8 Å². The van der Waals surface area contributed by atoms with E-state index in [0.717, 1.165) is 10.6 Å². The second-order valence-corrected chi connectivity index (χ2v) is 7.66. The molecule has 0 aliphatic carbocycles. The van der Waals surface area contributed by atoms with E-state index < -0.39 is 10.0 Å². The Labute approximate surface area is 124 Å². The van der Waals surface area contributed by atoms with Crippen LogP contribution in [0.15, 0.2) is 27.6 Å². The molecule has 0 amide bonds. The average molecular weight is 362 g/mol. The summed E-state index contributed by atoms with van der Waals surface area (Å²) in [6.07, 6.45) is 0. The molecule has 2 rings (SSSR count). The molecular weight excluding hydrogens is 350 g/mol. The minimum Gasteiger partial charge on any atom is -0.399 e. The lowest BCUT2D eigenvalue weighted by molar-refractivity contribution is 0.601. The van der Waals surface area contributed by atoms with Crippen molar-refractivity contribution in [1.29, 1.82) is 0 Å². The lowest BCUT2D eigenvalue weighted by Gasteiger charge is -2.07. The van der Waals surface area contributed by atoms with Gasteiger partial charge in [-0.15, -0.1) is 11.3 Å². The SMILES string of the molecule is Cc1nc(NS(=O)(=O)c2cc(N)ccc2Br)sc1C. The summed E-state index contributed by atoms with van der Waals surface area (Å²) in [6, 6.07) is 4.63. The Bertz CT molecular complexity index is 706. The Morgan fingerprint density at radius 2 is 2.05 bits per heavy atom. The molecule has 19 heavy (non-hydrogen) atoms. The van der Waals surface area contributed by atoms with E-state index in [1.54, 1.807) is 12.1 Å². The van der Waals surface area contributed by atoms with E-state index in [-0.39, 0.29) is 4.90 Å². The van der Waals surface area contributed by atoms with E-state index in [4.69, 9.17) is 5.73 Å². The summed E-state index contributed by atoms with van der Waals surface area (Å²) in [5.41, 5.74) is 6.82. The summed E-state index contributed by atoms with van der Waals surface area (Å²) in [4.78, 5) is 5.23. The number of thiazole rings is 1. The molecule has 102 valence electrons. The highest BCUT2D eigenvalue weighted by atomic mass is 79.9. The number of nitrogens with zero attached hydrogens (tertiary/aromatic N) is 1. The van der Waals surface area contributed by atoms with Gasteiger partial charge in [-0.25, -0.2) is 13.4 Å². The topological polar surface area (TPSA) is 85.1 Å². The van der Waals surface area contributed by atoms with Gasteiger partial charge in [-0.1, -0.05) is 0 Å². The summed E-state index contributed by atoms with van der Waals surface area (Å²) in [7, 11) is -3.70. The maximum atomic E-state index is 12.3. The first-order valence-corrected chi connectivity index (χ1v) is 8.41. The Kier molecular flexibility index (Phi) is 3.84. The van der Waals surface area contributed by atoms with Gasteiger partial charge in [0.25, 0.3) is 10.0 Å². The van der Waals surface area contributed by atoms with Gasteiger partial charge < -0.3 is 5.73 Å². The van der Waals surface area contributed by atoms with Crippen molar-refractivity contribution in [3.05, 3.63) is 33.2 Å². The van der Waals surface area contributed by atoms with Crippen LogP contribution < -0.4 is 10.5 Å². The molecule has 0 bridgehead atoms. The first kappa shape index (κ1) is 14.3. The molecule has 5 nitrogen and oxygen atoms in total. The number of nitrogens with one attached hydrogen (secondary N) is 1. The Hall–Kier alpha value is -1.12. The summed E-state index contributed by atoms with van der Waals surface area (Å²) >= 11 is 4.51. The van der Waals surface area contributed by atoms with Crippen LogP contribution in [0.25, 0.3) is 0 Å². The van der Waals surface area contributed by atoms with Crippen molar-refractivity contribution in [2.75, 3.05) is 10.5 Å². The molecule has 3 N–H and O–H groups in total. The number of aromatic nitrogens is 1. The van der Waals surface area contributed by atoms with Crippen LogP contribution in [0.5, 0.6) is 0 Å². The van der Waals surface area contributed by atoms with Crippen LogP contribution in [-0.4, -0.2) is 13.4 Å². The van der Waals surface area contributed by atoms with Crippen LogP contribution >= 0.6 is 27.3 Å². The minimum atomic E-state index is -3.70. The van der Waals surface area contributed by atoms with Crippen molar-refractivity contribution in [2.24, 2.45) is 0 Å². The maximum Gasteiger partial charge on any atom is 0.264 e. The molecule has 0 fully saturated rings. The van der Waals surface area contributed by atoms with Gasteiger partial charge in [0.1, 0.15) is 4.90 Å². The molecule has 1 aromatic carbocycles. The largest absolute Gasteiger partial charge is 0.399 e. The van der Waals surface area contributed by atoms with Gasteiger partial charge in [0.2, 0.25) is 0 Å². The number of halogens is 1. The summed E-state index contributed by atoms with van der Waals surface area (Å²) in [5.74, 6) is 0. The van der Waals surface area contributed by atoms with Gasteiger partial charge in [-0.2, -0.15) is 0 Å². The van der Waals surface area contributed by atoms with Crippen molar-refractivity contribution in [3.8, 4) is 0 Å². The molecule has 8 heteroatoms. The number of rotatable bonds is 3. The van der Waals surface area contributed by atoms with Crippen molar-refractivity contribution < 1.29 is 8.42 Å². The molecule has 0 radical (unpaired) electrons. The number of benzene rings is 1. The molecule has 0 spiro atoms. The Morgan fingerprint density at radius 1 is 1.37 bits per heavy atom. The van der Waals surface area contributed by atoms with Crippen molar-refractivity contribution >= 4 is 48.1 Å². The van der Waals surface area contributed by atoms with E-state index in [1.165, 1.54) is 17.4 Å². The molecule has 0 saturated heterocycles. The quantitative estimate of drug-likeness (QED) is 0.823. The molecule has 1 aromatic heterocycles. The fourth-order valence-corrected chi connectivity index (χ4v) is 4.46. The molecule has 0 aliphatic rings. The predicted molar refractivity (Wildman–Crippen MR) is 81.0 cm³/mol. The third-order valence-corrected chi connectivity index (χ3v) is 5.95. The molecular formula is C11H12BrN3O2S2. The summed E-state index contributed by atoms with van der Waals surface area (Å²) < 4.78 is 27.4. The Morgan fingerprint density at radius 3 is 2.63 bits per heavy atom. The van der Waals surface area contributed by atoms with Crippen LogP contribution in [0.2, 0.25) is 0 Å². The lowest BCUT2D eigenvalue weighted by Crippen LogP contribution is -2.13. The third kappa shape index (κ3) is 3.07. The summed E-state index contributed by atoms with van der Waals surface area (Å²) in [5, 5.41) is 0.351. The van der Waals surface area contributed by atoms with Crippen molar-refractivity contribution in [1.82, 2.24) is 4.98 Å². The summed E-state index contributed by atoms with van der Waals surface area (Å²) in [6.45, 7) is 3.72. The monoisotopic (exact) mass is 361 g/mol. The number of nitrogens with two attached hydrogens (primary N) is 1. The van der Waals surface area contributed by atoms with Gasteiger partial charge in [0.15, 0.2) is 5.13 Å². The number of anilines is 2. The van der Waals surface area contributed by atoms with Crippen molar-refractivity contribution in [2.45, 2.75) is 18.7 Å². The lowest BCUT2D eigenvalue weighted by atomic mass is 10.3. The predicted octanol–water partition coefficient (Wildman–Crippen LogP) is 2.91. The minimum absolute atomic E-state index is 0.0954. The Balaban J connectivity index is 2.40. The fourth-order valence-electron chi connectivity index (χ4n) is 1.41. The van der Waals surface area contributed by atoms with Crippen molar-refractivity contribution in [3.63, 3.8) is 0 Å². The van der Waals surface area contributed by atoms with Crippen LogP contribution in [0.3, 0.4) is 0 Å². The highest BCUT2D eigenvalue weighted by molar-refractivity contribution is 9.10. The molecule has 0 saturated carbocycles. The zero-order chi connectivity index (χ0) is 14.2. The second kappa shape index (κ2) is 5.10. The molecule has 0 atom stereocenters. The number of sulfonamides is 1. The van der Waals surface area contributed by atoms with E-state index in [0.29, 0.717) is 15.3 Å². The number of hydrogen-bond donors (Lipinski definition) is 2. The standard InChI is InChI=1S/C11H12BrN3O2S2/c1-6-7(2)18-11(14-6)15-19(16,17)10-5-8(13)3-4-9(10)12/h3-5H,13H2,1-2H3,(H,14,15). The number of nitrogen functional groups attached to an aromatic ring is 1. The molecule has 0 unspecified atom stereocenters. The normalized spacial score (nSPS) is 11.5. The van der Waals surface area contributed by atoms with E-state index in [2.05, 4.69) is 25.6 Å². The first-order valence-electron chi connectivity index (χ1n) is 5.31. The zero-order valence-electron chi connectivity index (χ0n) is 10.3. The fraction of sp³-hybridized carbons (Fsp3) is 0.182. The van der Waals surface area contributed by atoms with E-state index in [9.17, 15) is 8.42 Å². The van der Waals surface area contributed by atoms with Gasteiger partial charge in [-0.3, -0.25) is 4.72 Å². The van der Waals surface area contributed by atoms with Gasteiger partial charge in [-0.05, 0) is 48.0 Å². The van der Waals surface area contributed by atoms with Gasteiger partial charge in [0.05, 0.1) is 5.69 Å². The molecule has 2 aromatic rings. The average Bonchev–Trinajstić information content (AvgIpc) is 2.60. The first-order chi connectivity index (χ1) is 8.79. The second-order valence-electron chi connectivity index (χ2n) is 3.96. The highest BCUT2D eigenvalue weighted by Gasteiger charge is 2.20. The number of hydrogen-bond acceptors (Lipinski definition) is 5. The van der Waals surface area contributed by atoms with E-state index >= 15 is 0 Å². The highest BCUT2D eigenvalue weighted by Crippen LogP contribution is 2.28. The van der Waals surface area contributed by atoms with Gasteiger partial charge >= 0.3 is 0 Å². The molecule has 1 heterocycles. The van der Waals surface area contributed by atoms with Crippen LogP contribution in [0.4, 0.5) is 10.8 Å². The zero-order valence-corrected chi connectivity index (χ0v) is 13.5. The van der Waals surface area contributed by atoms with Crippen LogP contribution in [-0.2, 0) is 10.0 Å². The van der Waals surface area contributed by atoms with Gasteiger partial charge in [0, 0.05) is 15.0 Å². The third-order valence-electron chi connectivity index (χ3n) is 2.49. The molecule has 0 aliphatic heterocycles. The maximum absolute atomic E-state index is 12.3.